The summed E-state index contributed by atoms with van der Waals surface area (Å²) in [6.45, 7) is 4.58. The first-order valence-electron chi connectivity index (χ1n) is 5.66. The average Bonchev–Trinajstić information content (AvgIpc) is 2.56. The fraction of sp³-hybridized carbons (Fsp3) is 0.500. The molecule has 2 N–H and O–H groups in total. The molecule has 0 aliphatic heterocycles. The van der Waals surface area contributed by atoms with Crippen LogP contribution < -0.4 is 5.73 Å². The van der Waals surface area contributed by atoms with E-state index in [-0.39, 0.29) is 0 Å². The van der Waals surface area contributed by atoms with Crippen molar-refractivity contribution in [2.24, 2.45) is 5.41 Å². The maximum absolute atomic E-state index is 5.80. The van der Waals surface area contributed by atoms with Gasteiger partial charge in [0.15, 0.2) is 0 Å². The number of hydrogen-bond acceptors (Lipinski definition) is 3. The molecule has 1 aliphatic rings. The minimum Gasteiger partial charge on any atom is -0.399 e. The molecule has 1 aromatic carbocycles. The second-order valence-electron chi connectivity index (χ2n) is 5.51. The molecule has 84 valence electrons. The summed E-state index contributed by atoms with van der Waals surface area (Å²) in [6, 6.07) is 6.24. The van der Waals surface area contributed by atoms with Gasteiger partial charge in [-0.05, 0) is 36.5 Å². The quantitative estimate of drug-likeness (QED) is 0.744. The molecule has 0 amide bonds. The number of aromatic nitrogens is 3. The second-order valence-corrected chi connectivity index (χ2v) is 5.51. The van der Waals surface area contributed by atoms with Gasteiger partial charge in [-0.3, -0.25) is 0 Å². The summed E-state index contributed by atoms with van der Waals surface area (Å²) in [6.07, 6.45) is 2.33. The Morgan fingerprint density at radius 3 is 2.81 bits per heavy atom. The highest BCUT2D eigenvalue weighted by molar-refractivity contribution is 5.78. The predicted molar refractivity (Wildman–Crippen MR) is 64.0 cm³/mol. The van der Waals surface area contributed by atoms with Crippen molar-refractivity contribution in [2.75, 3.05) is 5.73 Å². The Hall–Kier alpha value is -1.58. The van der Waals surface area contributed by atoms with Crippen LogP contribution in [0.5, 0.6) is 0 Å². The number of fused-ring (bicyclic) bond motifs is 1. The van der Waals surface area contributed by atoms with Crippen molar-refractivity contribution in [2.45, 2.75) is 32.7 Å². The summed E-state index contributed by atoms with van der Waals surface area (Å²) < 4.78 is 2.02. The van der Waals surface area contributed by atoms with Crippen LogP contribution in [0.4, 0.5) is 5.69 Å². The molecule has 0 radical (unpaired) electrons. The van der Waals surface area contributed by atoms with Crippen LogP contribution in [0.1, 0.15) is 32.7 Å². The summed E-state index contributed by atoms with van der Waals surface area (Å²) in [5, 5.41) is 8.40. The Morgan fingerprint density at radius 2 is 2.12 bits per heavy atom. The highest BCUT2D eigenvalue weighted by Gasteiger charge is 2.38. The monoisotopic (exact) mass is 216 g/mol. The normalized spacial score (nSPS) is 19.9. The van der Waals surface area contributed by atoms with E-state index in [0.717, 1.165) is 16.7 Å². The lowest BCUT2D eigenvalue weighted by Gasteiger charge is -2.42. The second kappa shape index (κ2) is 2.97. The molecule has 1 aliphatic carbocycles. The van der Waals surface area contributed by atoms with Crippen molar-refractivity contribution in [3.8, 4) is 0 Å². The van der Waals surface area contributed by atoms with Crippen molar-refractivity contribution in [3.63, 3.8) is 0 Å². The van der Waals surface area contributed by atoms with E-state index in [1.807, 2.05) is 22.9 Å². The maximum Gasteiger partial charge on any atom is 0.113 e. The fourth-order valence-corrected chi connectivity index (χ4v) is 2.61. The van der Waals surface area contributed by atoms with E-state index >= 15 is 0 Å². The minimum atomic E-state index is 0.448. The molecule has 0 bridgehead atoms. The van der Waals surface area contributed by atoms with Gasteiger partial charge in [0.2, 0.25) is 0 Å². The summed E-state index contributed by atoms with van der Waals surface area (Å²) >= 11 is 0. The number of nitrogen functional groups attached to an aromatic ring is 1. The number of benzene rings is 1. The molecule has 4 nitrogen and oxygen atoms in total. The minimum absolute atomic E-state index is 0.448. The van der Waals surface area contributed by atoms with Gasteiger partial charge in [-0.1, -0.05) is 19.1 Å². The summed E-state index contributed by atoms with van der Waals surface area (Å²) in [5.41, 5.74) is 9.00. The first kappa shape index (κ1) is 9.63. The third-order valence-electron chi connectivity index (χ3n) is 3.42. The largest absolute Gasteiger partial charge is 0.399 e. The number of nitrogens with two attached hydrogens (primary N) is 1. The van der Waals surface area contributed by atoms with Crippen molar-refractivity contribution in [3.05, 3.63) is 18.2 Å². The fourth-order valence-electron chi connectivity index (χ4n) is 2.61. The van der Waals surface area contributed by atoms with Crippen molar-refractivity contribution in [1.82, 2.24) is 15.0 Å². The third kappa shape index (κ3) is 1.37. The molecule has 0 atom stereocenters. The van der Waals surface area contributed by atoms with Gasteiger partial charge in [0, 0.05) is 5.69 Å². The Morgan fingerprint density at radius 1 is 1.38 bits per heavy atom. The van der Waals surface area contributed by atoms with E-state index in [1.54, 1.807) is 0 Å². The zero-order valence-electron chi connectivity index (χ0n) is 9.64. The van der Waals surface area contributed by atoms with Gasteiger partial charge < -0.3 is 5.73 Å². The summed E-state index contributed by atoms with van der Waals surface area (Å²) in [7, 11) is 0. The molecule has 0 spiro atoms. The first-order valence-corrected chi connectivity index (χ1v) is 5.66. The van der Waals surface area contributed by atoms with Crippen LogP contribution in [-0.2, 0) is 0 Å². The van der Waals surface area contributed by atoms with Crippen LogP contribution in [-0.4, -0.2) is 15.0 Å². The zero-order valence-corrected chi connectivity index (χ0v) is 9.64. The summed E-state index contributed by atoms with van der Waals surface area (Å²) in [4.78, 5) is 0. The topological polar surface area (TPSA) is 56.7 Å². The van der Waals surface area contributed by atoms with E-state index in [9.17, 15) is 0 Å². The van der Waals surface area contributed by atoms with Gasteiger partial charge in [-0.25, -0.2) is 4.68 Å². The SMILES string of the molecule is CC1(C)CC(n2nnc3ccc(N)cc32)C1. The van der Waals surface area contributed by atoms with E-state index in [0.29, 0.717) is 11.5 Å². The Balaban J connectivity index is 2.02. The van der Waals surface area contributed by atoms with E-state index in [2.05, 4.69) is 24.2 Å². The molecule has 1 heterocycles. The number of rotatable bonds is 1. The molecule has 1 fully saturated rings. The summed E-state index contributed by atoms with van der Waals surface area (Å²) in [5.74, 6) is 0. The molecule has 0 saturated heterocycles. The molecule has 0 unspecified atom stereocenters. The molecular formula is C12H16N4. The standard InChI is InChI=1S/C12H16N4/c1-12(2)6-9(7-12)16-11-5-8(13)3-4-10(11)14-15-16/h3-5,9H,6-7,13H2,1-2H3. The predicted octanol–water partition coefficient (Wildman–Crippen LogP) is 2.37. The van der Waals surface area contributed by atoms with Gasteiger partial charge in [-0.2, -0.15) is 0 Å². The molecule has 3 rings (SSSR count). The number of anilines is 1. The first-order chi connectivity index (χ1) is 7.55. The average molecular weight is 216 g/mol. The van der Waals surface area contributed by atoms with Gasteiger partial charge >= 0.3 is 0 Å². The van der Waals surface area contributed by atoms with Gasteiger partial charge in [0.25, 0.3) is 0 Å². The molecular weight excluding hydrogens is 200 g/mol. The maximum atomic E-state index is 5.80. The molecule has 2 aromatic rings. The molecule has 16 heavy (non-hydrogen) atoms. The zero-order chi connectivity index (χ0) is 11.3. The third-order valence-corrected chi connectivity index (χ3v) is 3.42. The van der Waals surface area contributed by atoms with Crippen molar-refractivity contribution < 1.29 is 0 Å². The van der Waals surface area contributed by atoms with Gasteiger partial charge in [0.1, 0.15) is 5.52 Å². The lowest BCUT2D eigenvalue weighted by molar-refractivity contribution is 0.0966. The molecule has 1 aromatic heterocycles. The lowest BCUT2D eigenvalue weighted by Crippen LogP contribution is -2.34. The Labute approximate surface area is 94.4 Å². The lowest BCUT2D eigenvalue weighted by atomic mass is 9.68. The van der Waals surface area contributed by atoms with Crippen molar-refractivity contribution >= 4 is 16.7 Å². The Bertz CT molecular complexity index is 533. The van der Waals surface area contributed by atoms with Crippen LogP contribution in [0.3, 0.4) is 0 Å². The molecule has 4 heteroatoms. The number of nitrogens with zero attached hydrogens (tertiary/aromatic N) is 3. The smallest absolute Gasteiger partial charge is 0.113 e. The van der Waals surface area contributed by atoms with E-state index < -0.39 is 0 Å². The van der Waals surface area contributed by atoms with Crippen LogP contribution in [0.15, 0.2) is 18.2 Å². The van der Waals surface area contributed by atoms with Crippen LogP contribution in [0.2, 0.25) is 0 Å². The van der Waals surface area contributed by atoms with Crippen molar-refractivity contribution in [1.29, 1.82) is 0 Å². The van der Waals surface area contributed by atoms with Crippen LogP contribution >= 0.6 is 0 Å². The Kier molecular flexibility index (Phi) is 1.79. The van der Waals surface area contributed by atoms with Crippen LogP contribution in [0.25, 0.3) is 11.0 Å². The van der Waals surface area contributed by atoms with E-state index in [4.69, 9.17) is 5.73 Å². The number of hydrogen-bond donors (Lipinski definition) is 1. The highest BCUT2D eigenvalue weighted by atomic mass is 15.4. The van der Waals surface area contributed by atoms with Gasteiger partial charge in [0.05, 0.1) is 11.6 Å². The highest BCUT2D eigenvalue weighted by Crippen LogP contribution is 2.48. The van der Waals surface area contributed by atoms with Gasteiger partial charge in [-0.15, -0.1) is 5.10 Å². The molecule has 1 saturated carbocycles. The van der Waals surface area contributed by atoms with Crippen LogP contribution in [0, 0.1) is 5.41 Å². The van der Waals surface area contributed by atoms with E-state index in [1.165, 1.54) is 12.8 Å².